The average molecular weight is 256 g/mol. The molecule has 2 unspecified atom stereocenters. The predicted octanol–water partition coefficient (Wildman–Crippen LogP) is 0.247. The molecule has 0 bridgehead atoms. The monoisotopic (exact) mass is 256 g/mol. The standard InChI is InChI=1S/C12H14F2N2O2/c13-9-3-1-2-7(10(9)14)12(18)4-5-16-6-8(12)11(15)17/h1-3,8,16,18H,4-6H2,(H2,15,17). The van der Waals surface area contributed by atoms with Crippen LogP contribution in [0.1, 0.15) is 12.0 Å². The van der Waals surface area contributed by atoms with Gasteiger partial charge in [0.1, 0.15) is 5.60 Å². The molecule has 18 heavy (non-hydrogen) atoms. The van der Waals surface area contributed by atoms with Gasteiger partial charge in [0.2, 0.25) is 5.91 Å². The summed E-state index contributed by atoms with van der Waals surface area (Å²) in [6.07, 6.45) is 0.0982. The smallest absolute Gasteiger partial charge is 0.225 e. The highest BCUT2D eigenvalue weighted by Crippen LogP contribution is 2.36. The minimum Gasteiger partial charge on any atom is -0.384 e. The first-order valence-corrected chi connectivity index (χ1v) is 5.63. The van der Waals surface area contributed by atoms with Crippen LogP contribution in [0.25, 0.3) is 0 Å². The maximum Gasteiger partial charge on any atom is 0.225 e. The van der Waals surface area contributed by atoms with Crippen molar-refractivity contribution >= 4 is 5.91 Å². The van der Waals surface area contributed by atoms with Crippen LogP contribution in [0.15, 0.2) is 18.2 Å². The summed E-state index contributed by atoms with van der Waals surface area (Å²) >= 11 is 0. The first-order valence-electron chi connectivity index (χ1n) is 5.63. The minimum atomic E-state index is -1.76. The summed E-state index contributed by atoms with van der Waals surface area (Å²) in [6, 6.07) is 3.54. The number of rotatable bonds is 2. The molecular weight excluding hydrogens is 242 g/mol. The van der Waals surface area contributed by atoms with Crippen LogP contribution in [0.4, 0.5) is 8.78 Å². The van der Waals surface area contributed by atoms with Crippen molar-refractivity contribution < 1.29 is 18.7 Å². The molecule has 1 aromatic rings. The molecule has 1 heterocycles. The van der Waals surface area contributed by atoms with Crippen LogP contribution in [0, 0.1) is 17.6 Å². The van der Waals surface area contributed by atoms with E-state index in [1.54, 1.807) is 0 Å². The van der Waals surface area contributed by atoms with E-state index >= 15 is 0 Å². The van der Waals surface area contributed by atoms with E-state index in [1.165, 1.54) is 12.1 Å². The number of primary amides is 1. The molecule has 6 heteroatoms. The van der Waals surface area contributed by atoms with E-state index in [2.05, 4.69) is 5.32 Å². The summed E-state index contributed by atoms with van der Waals surface area (Å²) in [6.45, 7) is 0.540. The Bertz CT molecular complexity index is 481. The fraction of sp³-hybridized carbons (Fsp3) is 0.417. The molecule has 1 fully saturated rings. The highest BCUT2D eigenvalue weighted by Gasteiger charge is 2.45. The molecule has 0 aromatic heterocycles. The minimum absolute atomic E-state index is 0.0982. The quantitative estimate of drug-likeness (QED) is 0.710. The van der Waals surface area contributed by atoms with Crippen molar-refractivity contribution in [2.75, 3.05) is 13.1 Å². The maximum absolute atomic E-state index is 13.8. The molecule has 4 nitrogen and oxygen atoms in total. The van der Waals surface area contributed by atoms with Crippen LogP contribution >= 0.6 is 0 Å². The third kappa shape index (κ3) is 1.97. The van der Waals surface area contributed by atoms with E-state index in [4.69, 9.17) is 5.73 Å². The van der Waals surface area contributed by atoms with E-state index in [1.807, 2.05) is 0 Å². The third-order valence-corrected chi connectivity index (χ3v) is 3.37. The lowest BCUT2D eigenvalue weighted by Gasteiger charge is -2.39. The lowest BCUT2D eigenvalue weighted by atomic mass is 9.76. The van der Waals surface area contributed by atoms with Gasteiger partial charge in [0, 0.05) is 12.1 Å². The molecule has 0 saturated carbocycles. The molecular formula is C12H14F2N2O2. The van der Waals surface area contributed by atoms with Gasteiger partial charge >= 0.3 is 0 Å². The van der Waals surface area contributed by atoms with E-state index in [9.17, 15) is 18.7 Å². The Labute approximate surface area is 103 Å². The van der Waals surface area contributed by atoms with Crippen molar-refractivity contribution in [3.8, 4) is 0 Å². The van der Waals surface area contributed by atoms with Gasteiger partial charge in [-0.2, -0.15) is 0 Å². The number of hydrogen-bond acceptors (Lipinski definition) is 3. The number of nitrogens with one attached hydrogen (secondary N) is 1. The molecule has 98 valence electrons. The topological polar surface area (TPSA) is 75.4 Å². The van der Waals surface area contributed by atoms with Crippen LogP contribution in [0.2, 0.25) is 0 Å². The van der Waals surface area contributed by atoms with Crippen LogP contribution < -0.4 is 11.1 Å². The number of hydrogen-bond donors (Lipinski definition) is 3. The van der Waals surface area contributed by atoms with Crippen LogP contribution in [0.5, 0.6) is 0 Å². The fourth-order valence-electron chi connectivity index (χ4n) is 2.36. The lowest BCUT2D eigenvalue weighted by molar-refractivity contribution is -0.135. The number of amides is 1. The van der Waals surface area contributed by atoms with Gasteiger partial charge in [-0.25, -0.2) is 8.78 Å². The van der Waals surface area contributed by atoms with Gasteiger partial charge < -0.3 is 16.2 Å². The van der Waals surface area contributed by atoms with E-state index in [0.29, 0.717) is 6.54 Å². The van der Waals surface area contributed by atoms with E-state index < -0.39 is 29.1 Å². The number of halogens is 2. The van der Waals surface area contributed by atoms with Crippen LogP contribution in [0.3, 0.4) is 0 Å². The maximum atomic E-state index is 13.8. The normalized spacial score (nSPS) is 28.1. The van der Waals surface area contributed by atoms with Gasteiger partial charge in [0.15, 0.2) is 11.6 Å². The Hall–Kier alpha value is -1.53. The zero-order chi connectivity index (χ0) is 13.3. The van der Waals surface area contributed by atoms with Crippen molar-refractivity contribution in [1.82, 2.24) is 5.32 Å². The first kappa shape index (κ1) is 12.9. The van der Waals surface area contributed by atoms with Gasteiger partial charge in [-0.3, -0.25) is 4.79 Å². The summed E-state index contributed by atoms with van der Waals surface area (Å²) in [5.41, 5.74) is 3.24. The number of carbonyl (C=O) groups is 1. The van der Waals surface area contributed by atoms with Gasteiger partial charge in [0.05, 0.1) is 5.92 Å². The SMILES string of the molecule is NC(=O)C1CNCCC1(O)c1cccc(F)c1F. The highest BCUT2D eigenvalue weighted by molar-refractivity contribution is 5.78. The number of benzene rings is 1. The zero-order valence-corrected chi connectivity index (χ0v) is 9.62. The molecule has 1 aliphatic rings. The van der Waals surface area contributed by atoms with Crippen molar-refractivity contribution in [2.24, 2.45) is 11.7 Å². The Balaban J connectivity index is 2.50. The third-order valence-electron chi connectivity index (χ3n) is 3.37. The predicted molar refractivity (Wildman–Crippen MR) is 60.4 cm³/mol. The molecule has 0 spiro atoms. The largest absolute Gasteiger partial charge is 0.384 e. The Kier molecular flexibility index (Phi) is 3.32. The van der Waals surface area contributed by atoms with Crippen LogP contribution in [-0.4, -0.2) is 24.1 Å². The number of nitrogens with two attached hydrogens (primary N) is 1. The van der Waals surface area contributed by atoms with E-state index in [0.717, 1.165) is 6.07 Å². The van der Waals surface area contributed by atoms with Crippen LogP contribution in [-0.2, 0) is 10.4 Å². The second-order valence-electron chi connectivity index (χ2n) is 4.43. The molecule has 1 saturated heterocycles. The van der Waals surface area contributed by atoms with Crippen molar-refractivity contribution in [3.63, 3.8) is 0 Å². The van der Waals surface area contributed by atoms with Crippen molar-refractivity contribution in [3.05, 3.63) is 35.4 Å². The molecule has 0 radical (unpaired) electrons. The lowest BCUT2D eigenvalue weighted by Crippen LogP contribution is -2.53. The summed E-state index contributed by atoms with van der Waals surface area (Å²) in [4.78, 5) is 11.3. The molecule has 1 amide bonds. The summed E-state index contributed by atoms with van der Waals surface area (Å²) < 4.78 is 27.0. The molecule has 1 aromatic carbocycles. The molecule has 0 aliphatic carbocycles. The molecule has 2 rings (SSSR count). The average Bonchev–Trinajstić information content (AvgIpc) is 2.32. The van der Waals surface area contributed by atoms with E-state index in [-0.39, 0.29) is 18.5 Å². The summed E-state index contributed by atoms with van der Waals surface area (Å²) in [5.74, 6) is -3.91. The molecule has 2 atom stereocenters. The van der Waals surface area contributed by atoms with Gasteiger partial charge in [-0.1, -0.05) is 12.1 Å². The first-order chi connectivity index (χ1) is 8.47. The highest BCUT2D eigenvalue weighted by atomic mass is 19.2. The molecule has 4 N–H and O–H groups in total. The van der Waals surface area contributed by atoms with Gasteiger partial charge in [-0.15, -0.1) is 0 Å². The zero-order valence-electron chi connectivity index (χ0n) is 9.62. The van der Waals surface area contributed by atoms with Crippen molar-refractivity contribution in [1.29, 1.82) is 0 Å². The Morgan fingerprint density at radius 2 is 2.22 bits per heavy atom. The number of piperidine rings is 1. The summed E-state index contributed by atoms with van der Waals surface area (Å²) in [5, 5.41) is 13.4. The van der Waals surface area contributed by atoms with Crippen molar-refractivity contribution in [2.45, 2.75) is 12.0 Å². The Morgan fingerprint density at radius 1 is 1.50 bits per heavy atom. The number of carbonyl (C=O) groups excluding carboxylic acids is 1. The number of aliphatic hydroxyl groups is 1. The Morgan fingerprint density at radius 3 is 2.89 bits per heavy atom. The molecule has 1 aliphatic heterocycles. The summed E-state index contributed by atoms with van der Waals surface area (Å²) in [7, 11) is 0. The van der Waals surface area contributed by atoms with Gasteiger partial charge in [-0.05, 0) is 19.0 Å². The fourth-order valence-corrected chi connectivity index (χ4v) is 2.36. The second-order valence-corrected chi connectivity index (χ2v) is 4.43. The van der Waals surface area contributed by atoms with Gasteiger partial charge in [0.25, 0.3) is 0 Å². The second kappa shape index (κ2) is 4.62.